The number of ether oxygens (including phenoxy) is 1. The minimum atomic E-state index is -4.45. The maximum atomic E-state index is 12.5. The normalized spacial score (nSPS) is 16.8. The summed E-state index contributed by atoms with van der Waals surface area (Å²) in [4.78, 5) is 0. The molecule has 156 valence electrons. The molecule has 0 unspecified atom stereocenters. The van der Waals surface area contributed by atoms with E-state index in [1.165, 1.54) is 29.8 Å². The second-order valence-electron chi connectivity index (χ2n) is 6.89. The zero-order valence-electron chi connectivity index (χ0n) is 16.5. The monoisotopic (exact) mass is 640 g/mol. The van der Waals surface area contributed by atoms with Crippen molar-refractivity contribution in [1.82, 2.24) is 0 Å². The largest absolute Gasteiger partial charge is 2.00 e. The van der Waals surface area contributed by atoms with Gasteiger partial charge in [-0.25, -0.2) is 0 Å². The Morgan fingerprint density at radius 1 is 0.900 bits per heavy atom. The molecule has 9 heteroatoms. The number of hydrogen-bond acceptors (Lipinski definition) is 5. The Morgan fingerprint density at radius 3 is 1.87 bits per heavy atom. The van der Waals surface area contributed by atoms with Crippen LogP contribution in [0.25, 0.3) is 0 Å². The van der Waals surface area contributed by atoms with Gasteiger partial charge >= 0.3 is 43.0 Å². The van der Waals surface area contributed by atoms with Gasteiger partial charge in [0.25, 0.3) is 0 Å². The second-order valence-corrected chi connectivity index (χ2v) is 6.89. The van der Waals surface area contributed by atoms with E-state index >= 15 is 0 Å². The molecule has 0 spiro atoms. The first kappa shape index (κ1) is 24.6. The molecule has 0 fully saturated rings. The van der Waals surface area contributed by atoms with E-state index in [0.29, 0.717) is 18.8 Å². The molecule has 0 radical (unpaired) electrons. The minimum absolute atomic E-state index is 0. The van der Waals surface area contributed by atoms with Crippen LogP contribution in [-0.2, 0) is 22.7 Å². The molecule has 0 N–H and O–H groups in total. The summed E-state index contributed by atoms with van der Waals surface area (Å²) in [7, 11) is 0. The zero-order valence-corrected chi connectivity index (χ0v) is 20.6. The maximum absolute atomic E-state index is 12.5. The van der Waals surface area contributed by atoms with E-state index in [-0.39, 0.29) is 42.3 Å². The van der Waals surface area contributed by atoms with Gasteiger partial charge in [-0.05, 0) is 18.1 Å². The van der Waals surface area contributed by atoms with Crippen LogP contribution in [0.3, 0.4) is 0 Å². The minimum Gasteiger partial charge on any atom is -0.379 e. The van der Waals surface area contributed by atoms with Crippen LogP contribution >= 0.6 is 0 Å². The average Bonchev–Trinajstić information content (AvgIpc) is 3.60. The van der Waals surface area contributed by atoms with Crippen molar-refractivity contribution in [3.05, 3.63) is 84.6 Å². The predicted molar refractivity (Wildman–Crippen MR) is 102 cm³/mol. The summed E-state index contributed by atoms with van der Waals surface area (Å²) in [6.07, 6.45) is -3.64. The van der Waals surface area contributed by atoms with Crippen LogP contribution in [0.15, 0.2) is 69.0 Å². The van der Waals surface area contributed by atoms with Crippen molar-refractivity contribution >= 4 is 0 Å². The third kappa shape index (κ3) is 5.71. The first-order chi connectivity index (χ1) is 13.7. The van der Waals surface area contributed by atoms with E-state index < -0.39 is 11.8 Å². The quantitative estimate of drug-likeness (QED) is 0.278. The third-order valence-corrected chi connectivity index (χ3v) is 4.51. The maximum Gasteiger partial charge on any atom is 2.00 e. The van der Waals surface area contributed by atoms with Crippen LogP contribution < -0.4 is 0 Å². The molecule has 2 aromatic rings. The van der Waals surface area contributed by atoms with Gasteiger partial charge in [0.15, 0.2) is 0 Å². The SMILES string of the molecule is [CH2-]CCOCc1ccc(C2(C)N=N2)cc1.[CH2-]c1ccc(C2(C(F)(F)F)N=N2)cc1.[U+2]. The van der Waals surface area contributed by atoms with Crippen molar-refractivity contribution in [1.29, 1.82) is 0 Å². The Hall–Kier alpha value is -1.69. The van der Waals surface area contributed by atoms with E-state index in [1.54, 1.807) is 0 Å². The summed E-state index contributed by atoms with van der Waals surface area (Å²) in [5.41, 5.74) is 0.442. The summed E-state index contributed by atoms with van der Waals surface area (Å²) in [5, 5.41) is 14.2. The van der Waals surface area contributed by atoms with Gasteiger partial charge in [0, 0.05) is 12.2 Å². The molecule has 0 saturated carbocycles. The fourth-order valence-electron chi connectivity index (χ4n) is 2.58. The van der Waals surface area contributed by atoms with E-state index in [1.807, 2.05) is 6.92 Å². The molecule has 5 nitrogen and oxygen atoms in total. The first-order valence-electron chi connectivity index (χ1n) is 9.04. The first-order valence-corrected chi connectivity index (χ1v) is 9.04. The Kier molecular flexibility index (Phi) is 7.89. The van der Waals surface area contributed by atoms with Gasteiger partial charge in [-0.2, -0.15) is 54.4 Å². The van der Waals surface area contributed by atoms with Crippen molar-refractivity contribution in [2.75, 3.05) is 6.61 Å². The second kappa shape index (κ2) is 9.63. The standard InChI is InChI=1S/C12H15N2O.C9H6F3N2.U/c1-3-8-15-9-10-4-6-11(7-5-10)12(2)13-14-12;1-6-2-4-7(5-3-6)8(13-14-8)9(10,11)12;/h4-7H,1,3,8-9H2,2H3;2-5H,1H2;/q2*-1;+2. The van der Waals surface area contributed by atoms with Crippen molar-refractivity contribution in [2.45, 2.75) is 37.5 Å². The molecule has 0 aliphatic carbocycles. The molecule has 0 bridgehead atoms. The topological polar surface area (TPSA) is 58.7 Å². The van der Waals surface area contributed by atoms with Crippen molar-refractivity contribution < 1.29 is 49.0 Å². The summed E-state index contributed by atoms with van der Waals surface area (Å²) in [5.74, 6) is 0. The summed E-state index contributed by atoms with van der Waals surface area (Å²) < 4.78 is 42.8. The summed E-state index contributed by atoms with van der Waals surface area (Å²) >= 11 is 0. The van der Waals surface area contributed by atoms with Crippen LogP contribution in [0.2, 0.25) is 0 Å². The van der Waals surface area contributed by atoms with E-state index in [9.17, 15) is 13.2 Å². The number of hydrogen-bond donors (Lipinski definition) is 0. The molecule has 2 aliphatic heterocycles. The van der Waals surface area contributed by atoms with Crippen LogP contribution in [-0.4, -0.2) is 12.8 Å². The molecule has 30 heavy (non-hydrogen) atoms. The molecule has 0 atom stereocenters. The molecule has 2 aliphatic rings. The van der Waals surface area contributed by atoms with Crippen molar-refractivity contribution in [3.8, 4) is 0 Å². The molecule has 0 aromatic heterocycles. The fourth-order valence-corrected chi connectivity index (χ4v) is 2.58. The molecule has 4 rings (SSSR count). The number of rotatable bonds is 6. The van der Waals surface area contributed by atoms with Crippen LogP contribution in [0.1, 0.15) is 35.6 Å². The van der Waals surface area contributed by atoms with E-state index in [2.05, 4.69) is 58.6 Å². The molecule has 0 amide bonds. The molecule has 0 saturated heterocycles. The molecular weight excluding hydrogens is 619 g/mol. The van der Waals surface area contributed by atoms with Crippen LogP contribution in [0, 0.1) is 45.0 Å². The van der Waals surface area contributed by atoms with Gasteiger partial charge in [-0.3, -0.25) is 0 Å². The number of nitrogens with zero attached hydrogens (tertiary/aromatic N) is 4. The zero-order chi connectivity index (χ0) is 21.1. The summed E-state index contributed by atoms with van der Waals surface area (Å²) in [6, 6.07) is 13.9. The average molecular weight is 640 g/mol. The van der Waals surface area contributed by atoms with Crippen molar-refractivity contribution in [2.24, 2.45) is 20.5 Å². The third-order valence-electron chi connectivity index (χ3n) is 4.51. The molecular formula is C21H21F3N4OU. The van der Waals surface area contributed by atoms with Gasteiger partial charge in [0.1, 0.15) is 0 Å². The van der Waals surface area contributed by atoms with Gasteiger partial charge in [-0.1, -0.05) is 24.3 Å². The Bertz CT molecular complexity index is 884. The van der Waals surface area contributed by atoms with E-state index in [4.69, 9.17) is 4.74 Å². The van der Waals surface area contributed by atoms with E-state index in [0.717, 1.165) is 12.0 Å². The number of halogens is 3. The molecule has 2 heterocycles. The summed E-state index contributed by atoms with van der Waals surface area (Å²) in [6.45, 7) is 10.7. The van der Waals surface area contributed by atoms with Gasteiger partial charge < -0.3 is 11.7 Å². The van der Waals surface area contributed by atoms with Crippen molar-refractivity contribution in [3.63, 3.8) is 0 Å². The Morgan fingerprint density at radius 2 is 1.43 bits per heavy atom. The Balaban J connectivity index is 0.000000207. The van der Waals surface area contributed by atoms with Gasteiger partial charge in [-0.15, -0.1) is 22.4 Å². The van der Waals surface area contributed by atoms with Gasteiger partial charge in [0.2, 0.25) is 5.66 Å². The van der Waals surface area contributed by atoms with Crippen LogP contribution in [0.5, 0.6) is 0 Å². The molecule has 2 aromatic carbocycles. The number of benzene rings is 2. The van der Waals surface area contributed by atoms with Crippen LogP contribution in [0.4, 0.5) is 13.2 Å². The Labute approximate surface area is 197 Å². The number of alkyl halides is 3. The fraction of sp³-hybridized carbons (Fsp3) is 0.333. The van der Waals surface area contributed by atoms with Gasteiger partial charge in [0.05, 0.1) is 6.61 Å². The smallest absolute Gasteiger partial charge is 0.379 e. The predicted octanol–water partition coefficient (Wildman–Crippen LogP) is 6.12.